The van der Waals surface area contributed by atoms with Crippen LogP contribution in [0.2, 0.25) is 0 Å². The molecule has 0 saturated heterocycles. The minimum atomic E-state index is -4.75. The summed E-state index contributed by atoms with van der Waals surface area (Å²) in [6, 6.07) is 8.73. The van der Waals surface area contributed by atoms with Crippen molar-refractivity contribution in [3.8, 4) is 17.1 Å². The van der Waals surface area contributed by atoms with Gasteiger partial charge in [0.15, 0.2) is 10.9 Å². The van der Waals surface area contributed by atoms with Gasteiger partial charge in [0, 0.05) is 10.0 Å². The molecule has 2 N–H and O–H groups in total. The third-order valence-electron chi connectivity index (χ3n) is 3.22. The highest BCUT2D eigenvalue weighted by Crippen LogP contribution is 2.30. The summed E-state index contributed by atoms with van der Waals surface area (Å²) in [6.07, 6.45) is -3.69. The standard InChI is InChI=1S/C14H9BrF3N5O2S/c15-9-3-1-8(2-4-9)12-21-13(14(16,17)18)22-23(12)10-5-6-11(20-7-10)26(19,24)25/h1-7H,(H2,19,24,25). The highest BCUT2D eigenvalue weighted by Gasteiger charge is 2.37. The number of rotatable bonds is 3. The van der Waals surface area contributed by atoms with Crippen LogP contribution in [0.3, 0.4) is 0 Å². The van der Waals surface area contributed by atoms with Crippen LogP contribution >= 0.6 is 15.9 Å². The van der Waals surface area contributed by atoms with E-state index >= 15 is 0 Å². The van der Waals surface area contributed by atoms with E-state index < -0.39 is 27.0 Å². The van der Waals surface area contributed by atoms with Gasteiger partial charge in [-0.05, 0) is 24.3 Å². The van der Waals surface area contributed by atoms with Crippen LogP contribution in [0.25, 0.3) is 17.1 Å². The van der Waals surface area contributed by atoms with E-state index in [4.69, 9.17) is 5.14 Å². The lowest BCUT2D eigenvalue weighted by Gasteiger charge is -2.06. The Hall–Kier alpha value is -2.31. The van der Waals surface area contributed by atoms with Crippen molar-refractivity contribution in [2.45, 2.75) is 11.2 Å². The van der Waals surface area contributed by atoms with Crippen molar-refractivity contribution in [2.24, 2.45) is 5.14 Å². The van der Waals surface area contributed by atoms with Crippen LogP contribution in [0.5, 0.6) is 0 Å². The largest absolute Gasteiger partial charge is 0.453 e. The van der Waals surface area contributed by atoms with Crippen molar-refractivity contribution in [3.63, 3.8) is 0 Å². The number of nitrogens with two attached hydrogens (primary N) is 1. The summed E-state index contributed by atoms with van der Waals surface area (Å²) in [5, 5.41) is 8.04. The van der Waals surface area contributed by atoms with Gasteiger partial charge in [0.05, 0.1) is 11.9 Å². The number of pyridine rings is 1. The Morgan fingerprint density at radius 3 is 2.23 bits per heavy atom. The topological polar surface area (TPSA) is 104 Å². The molecule has 0 radical (unpaired) electrons. The number of aromatic nitrogens is 4. The minimum Gasteiger partial charge on any atom is -0.241 e. The maximum atomic E-state index is 13.0. The summed E-state index contributed by atoms with van der Waals surface area (Å²) in [6.45, 7) is 0. The molecule has 2 aromatic heterocycles. The number of alkyl halides is 3. The molecule has 0 amide bonds. The maximum absolute atomic E-state index is 13.0. The van der Waals surface area contributed by atoms with Crippen LogP contribution in [0.1, 0.15) is 5.82 Å². The third kappa shape index (κ3) is 3.76. The van der Waals surface area contributed by atoms with E-state index in [0.717, 1.165) is 21.4 Å². The SMILES string of the molecule is NS(=O)(=O)c1ccc(-n2nc(C(F)(F)F)nc2-c2ccc(Br)cc2)cn1. The molecule has 3 aromatic rings. The first-order chi connectivity index (χ1) is 12.1. The number of hydrogen-bond acceptors (Lipinski definition) is 5. The average Bonchev–Trinajstić information content (AvgIpc) is 3.00. The Balaban J connectivity index is 2.16. The zero-order valence-corrected chi connectivity index (χ0v) is 15.0. The van der Waals surface area contributed by atoms with Crippen molar-refractivity contribution in [2.75, 3.05) is 0 Å². The van der Waals surface area contributed by atoms with E-state index in [1.165, 1.54) is 6.07 Å². The van der Waals surface area contributed by atoms with E-state index in [2.05, 4.69) is 31.0 Å². The van der Waals surface area contributed by atoms with Crippen LogP contribution in [0.15, 0.2) is 52.1 Å². The first kappa shape index (κ1) is 18.5. The van der Waals surface area contributed by atoms with E-state index in [1.807, 2.05) is 0 Å². The molecule has 0 aliphatic heterocycles. The molecule has 7 nitrogen and oxygen atoms in total. The smallest absolute Gasteiger partial charge is 0.241 e. The fourth-order valence-corrected chi connectivity index (χ4v) is 2.79. The van der Waals surface area contributed by atoms with Crippen molar-refractivity contribution in [1.29, 1.82) is 0 Å². The van der Waals surface area contributed by atoms with Crippen molar-refractivity contribution in [1.82, 2.24) is 19.7 Å². The highest BCUT2D eigenvalue weighted by molar-refractivity contribution is 9.10. The van der Waals surface area contributed by atoms with Gasteiger partial charge in [-0.15, -0.1) is 5.10 Å². The first-order valence-corrected chi connectivity index (χ1v) is 9.19. The Kier molecular flexibility index (Phi) is 4.58. The molecule has 2 heterocycles. The number of primary sulfonamides is 1. The molecule has 136 valence electrons. The lowest BCUT2D eigenvalue weighted by atomic mass is 10.2. The van der Waals surface area contributed by atoms with Gasteiger partial charge in [-0.1, -0.05) is 28.1 Å². The fraction of sp³-hybridized carbons (Fsp3) is 0.0714. The molecule has 0 fully saturated rings. The van der Waals surface area contributed by atoms with Gasteiger partial charge in [0.2, 0.25) is 0 Å². The lowest BCUT2D eigenvalue weighted by molar-refractivity contribution is -0.144. The van der Waals surface area contributed by atoms with Crippen LogP contribution < -0.4 is 5.14 Å². The Morgan fingerprint density at radius 1 is 1.08 bits per heavy atom. The molecule has 0 atom stereocenters. The number of benzene rings is 1. The molecule has 0 aliphatic carbocycles. The second kappa shape index (κ2) is 6.45. The molecular weight excluding hydrogens is 439 g/mol. The molecule has 0 aliphatic rings. The number of nitrogens with zero attached hydrogens (tertiary/aromatic N) is 4. The lowest BCUT2D eigenvalue weighted by Crippen LogP contribution is -2.14. The van der Waals surface area contributed by atoms with Crippen LogP contribution in [0, 0.1) is 0 Å². The quantitative estimate of drug-likeness (QED) is 0.664. The van der Waals surface area contributed by atoms with Gasteiger partial charge in [-0.2, -0.15) is 13.2 Å². The molecule has 12 heteroatoms. The number of sulfonamides is 1. The fourth-order valence-electron chi connectivity index (χ4n) is 2.06. The van der Waals surface area contributed by atoms with Crippen LogP contribution in [0.4, 0.5) is 13.2 Å². The summed E-state index contributed by atoms with van der Waals surface area (Å²) in [7, 11) is -4.03. The van der Waals surface area contributed by atoms with Crippen molar-refractivity contribution in [3.05, 3.63) is 52.9 Å². The van der Waals surface area contributed by atoms with E-state index in [9.17, 15) is 21.6 Å². The van der Waals surface area contributed by atoms with Gasteiger partial charge in [0.1, 0.15) is 0 Å². The van der Waals surface area contributed by atoms with Crippen LogP contribution in [-0.2, 0) is 16.2 Å². The monoisotopic (exact) mass is 447 g/mol. The summed E-state index contributed by atoms with van der Waals surface area (Å²) in [5.74, 6) is -1.40. The molecule has 0 unspecified atom stereocenters. The number of halogens is 4. The summed E-state index contributed by atoms with van der Waals surface area (Å²) in [4.78, 5) is 7.23. The van der Waals surface area contributed by atoms with Crippen molar-refractivity contribution < 1.29 is 21.6 Å². The molecule has 0 bridgehead atoms. The molecule has 0 saturated carbocycles. The van der Waals surface area contributed by atoms with E-state index in [1.54, 1.807) is 24.3 Å². The molecule has 26 heavy (non-hydrogen) atoms. The third-order valence-corrected chi connectivity index (χ3v) is 4.57. The predicted molar refractivity (Wildman–Crippen MR) is 88.7 cm³/mol. The summed E-state index contributed by atoms with van der Waals surface area (Å²) >= 11 is 3.24. The van der Waals surface area contributed by atoms with Gasteiger partial charge in [-0.3, -0.25) is 0 Å². The van der Waals surface area contributed by atoms with Gasteiger partial charge < -0.3 is 0 Å². The minimum absolute atomic E-state index is 0.0741. The van der Waals surface area contributed by atoms with E-state index in [0.29, 0.717) is 5.56 Å². The molecule has 0 spiro atoms. The summed E-state index contributed by atoms with van der Waals surface area (Å²) in [5.41, 5.74) is 0.477. The second-order valence-electron chi connectivity index (χ2n) is 5.08. The van der Waals surface area contributed by atoms with Crippen molar-refractivity contribution >= 4 is 26.0 Å². The predicted octanol–water partition coefficient (Wildman–Crippen LogP) is 2.76. The second-order valence-corrected chi connectivity index (χ2v) is 7.50. The normalized spacial score (nSPS) is 12.3. The molecule has 1 aromatic carbocycles. The number of hydrogen-bond donors (Lipinski definition) is 1. The zero-order valence-electron chi connectivity index (χ0n) is 12.6. The molecule has 3 rings (SSSR count). The highest BCUT2D eigenvalue weighted by atomic mass is 79.9. The molecular formula is C14H9BrF3N5O2S. The summed E-state index contributed by atoms with van der Waals surface area (Å²) < 4.78 is 63.3. The Morgan fingerprint density at radius 2 is 1.73 bits per heavy atom. The Bertz CT molecular complexity index is 1050. The van der Waals surface area contributed by atoms with Gasteiger partial charge >= 0.3 is 6.18 Å². The Labute approximate surface area is 153 Å². The van der Waals surface area contributed by atoms with Crippen LogP contribution in [-0.4, -0.2) is 28.2 Å². The maximum Gasteiger partial charge on any atom is 0.453 e. The average molecular weight is 448 g/mol. The van der Waals surface area contributed by atoms with Gasteiger partial charge in [-0.25, -0.2) is 28.2 Å². The van der Waals surface area contributed by atoms with Gasteiger partial charge in [0.25, 0.3) is 15.8 Å². The van der Waals surface area contributed by atoms with E-state index in [-0.39, 0.29) is 11.5 Å². The first-order valence-electron chi connectivity index (χ1n) is 6.85. The zero-order chi connectivity index (χ0) is 19.1.